The van der Waals surface area contributed by atoms with Crippen molar-refractivity contribution in [1.82, 2.24) is 0 Å². The SMILES string of the molecule is Cc1cc(C)cc(C2=CC=CC=C(N)C2)c1. The minimum Gasteiger partial charge on any atom is -0.402 e. The molecule has 2 N–H and O–H groups in total. The molecule has 0 saturated heterocycles. The minimum atomic E-state index is 0.829. The van der Waals surface area contributed by atoms with Gasteiger partial charge in [0.1, 0.15) is 0 Å². The molecule has 1 aliphatic carbocycles. The lowest BCUT2D eigenvalue weighted by molar-refractivity contribution is 1.18. The topological polar surface area (TPSA) is 26.0 Å². The lowest BCUT2D eigenvalue weighted by atomic mass is 9.97. The van der Waals surface area contributed by atoms with Gasteiger partial charge in [0.25, 0.3) is 0 Å². The molecule has 0 radical (unpaired) electrons. The molecule has 1 aromatic rings. The van der Waals surface area contributed by atoms with Crippen LogP contribution >= 0.6 is 0 Å². The predicted molar refractivity (Wildman–Crippen MR) is 69.9 cm³/mol. The molecule has 1 nitrogen and oxygen atoms in total. The monoisotopic (exact) mass is 211 g/mol. The van der Waals surface area contributed by atoms with Gasteiger partial charge in [0.15, 0.2) is 0 Å². The van der Waals surface area contributed by atoms with Crippen LogP contribution in [0.5, 0.6) is 0 Å². The second-order valence-corrected chi connectivity index (χ2v) is 4.37. The van der Waals surface area contributed by atoms with Crippen molar-refractivity contribution in [2.75, 3.05) is 0 Å². The van der Waals surface area contributed by atoms with Gasteiger partial charge in [-0.3, -0.25) is 0 Å². The van der Waals surface area contributed by atoms with E-state index in [0.717, 1.165) is 12.1 Å². The Morgan fingerprint density at radius 2 is 1.56 bits per heavy atom. The molecule has 0 amide bonds. The van der Waals surface area contributed by atoms with E-state index in [2.05, 4.69) is 38.1 Å². The predicted octanol–water partition coefficient (Wildman–Crippen LogP) is 3.49. The molecule has 0 heterocycles. The molecule has 2 rings (SSSR count). The van der Waals surface area contributed by atoms with E-state index in [9.17, 15) is 0 Å². The third-order valence-corrected chi connectivity index (χ3v) is 2.71. The van der Waals surface area contributed by atoms with Crippen LogP contribution in [0.4, 0.5) is 0 Å². The van der Waals surface area contributed by atoms with E-state index >= 15 is 0 Å². The number of hydrogen-bond donors (Lipinski definition) is 1. The zero-order valence-corrected chi connectivity index (χ0v) is 9.83. The van der Waals surface area contributed by atoms with Gasteiger partial charge in [-0.1, -0.05) is 47.6 Å². The fourth-order valence-electron chi connectivity index (χ4n) is 2.05. The van der Waals surface area contributed by atoms with E-state index in [1.54, 1.807) is 0 Å². The summed E-state index contributed by atoms with van der Waals surface area (Å²) in [6, 6.07) is 6.62. The van der Waals surface area contributed by atoms with Crippen LogP contribution < -0.4 is 5.73 Å². The summed E-state index contributed by atoms with van der Waals surface area (Å²) in [5.74, 6) is 0. The lowest BCUT2D eigenvalue weighted by Gasteiger charge is -2.09. The highest BCUT2D eigenvalue weighted by Crippen LogP contribution is 2.24. The largest absolute Gasteiger partial charge is 0.402 e. The van der Waals surface area contributed by atoms with Crippen molar-refractivity contribution < 1.29 is 0 Å². The van der Waals surface area contributed by atoms with Crippen molar-refractivity contribution in [3.63, 3.8) is 0 Å². The molecular weight excluding hydrogens is 194 g/mol. The van der Waals surface area contributed by atoms with Crippen LogP contribution in [0, 0.1) is 13.8 Å². The van der Waals surface area contributed by atoms with Crippen molar-refractivity contribution in [3.05, 3.63) is 64.9 Å². The normalized spacial score (nSPS) is 15.4. The summed E-state index contributed by atoms with van der Waals surface area (Å²) < 4.78 is 0. The maximum absolute atomic E-state index is 5.91. The Bertz CT molecular complexity index is 470. The molecule has 0 aromatic heterocycles. The number of hydrogen-bond acceptors (Lipinski definition) is 1. The third-order valence-electron chi connectivity index (χ3n) is 2.71. The van der Waals surface area contributed by atoms with Gasteiger partial charge in [0, 0.05) is 12.1 Å². The van der Waals surface area contributed by atoms with Gasteiger partial charge in [-0.05, 0) is 31.1 Å². The zero-order chi connectivity index (χ0) is 11.5. The summed E-state index contributed by atoms with van der Waals surface area (Å²) in [6.45, 7) is 4.26. The second kappa shape index (κ2) is 4.40. The summed E-state index contributed by atoms with van der Waals surface area (Å²) in [5, 5.41) is 0. The van der Waals surface area contributed by atoms with Gasteiger partial charge >= 0.3 is 0 Å². The molecule has 0 spiro atoms. The molecule has 82 valence electrons. The number of allylic oxidation sites excluding steroid dienone is 5. The molecule has 0 unspecified atom stereocenters. The Morgan fingerprint density at radius 1 is 0.938 bits per heavy atom. The van der Waals surface area contributed by atoms with Gasteiger partial charge in [-0.15, -0.1) is 0 Å². The smallest absolute Gasteiger partial charge is 0.0127 e. The zero-order valence-electron chi connectivity index (χ0n) is 9.83. The first-order chi connectivity index (χ1) is 7.65. The highest BCUT2D eigenvalue weighted by molar-refractivity contribution is 5.70. The van der Waals surface area contributed by atoms with Gasteiger partial charge in [-0.2, -0.15) is 0 Å². The van der Waals surface area contributed by atoms with Crippen molar-refractivity contribution in [1.29, 1.82) is 0 Å². The van der Waals surface area contributed by atoms with E-state index in [1.165, 1.54) is 22.3 Å². The quantitative estimate of drug-likeness (QED) is 0.756. The van der Waals surface area contributed by atoms with Crippen molar-refractivity contribution >= 4 is 5.57 Å². The Hall–Kier alpha value is -1.76. The molecule has 16 heavy (non-hydrogen) atoms. The molecule has 0 bridgehead atoms. The van der Waals surface area contributed by atoms with Crippen LogP contribution in [0.2, 0.25) is 0 Å². The maximum Gasteiger partial charge on any atom is 0.0127 e. The van der Waals surface area contributed by atoms with Gasteiger partial charge < -0.3 is 5.73 Å². The number of aryl methyl sites for hydroxylation is 2. The number of rotatable bonds is 1. The van der Waals surface area contributed by atoms with Gasteiger partial charge in [0.2, 0.25) is 0 Å². The number of nitrogens with two attached hydrogens (primary N) is 1. The second-order valence-electron chi connectivity index (χ2n) is 4.37. The fraction of sp³-hybridized carbons (Fsp3) is 0.200. The Kier molecular flexibility index (Phi) is 2.95. The summed E-state index contributed by atoms with van der Waals surface area (Å²) in [5.41, 5.74) is 12.0. The maximum atomic E-state index is 5.91. The van der Waals surface area contributed by atoms with Gasteiger partial charge in [0.05, 0.1) is 0 Å². The summed E-state index contributed by atoms with van der Waals surface area (Å²) in [7, 11) is 0. The van der Waals surface area contributed by atoms with E-state index in [-0.39, 0.29) is 0 Å². The van der Waals surface area contributed by atoms with Crippen molar-refractivity contribution in [2.24, 2.45) is 5.73 Å². The molecule has 1 heteroatoms. The fourth-order valence-corrected chi connectivity index (χ4v) is 2.05. The standard InChI is InChI=1S/C15H17N/c1-11-7-12(2)9-14(8-11)13-5-3-4-6-15(16)10-13/h3-9H,10,16H2,1-2H3. The van der Waals surface area contributed by atoms with E-state index < -0.39 is 0 Å². The first kappa shape index (κ1) is 10.7. The summed E-state index contributed by atoms with van der Waals surface area (Å²) >= 11 is 0. The average Bonchev–Trinajstić information content (AvgIpc) is 2.41. The lowest BCUT2D eigenvalue weighted by Crippen LogP contribution is -1.98. The minimum absolute atomic E-state index is 0.829. The van der Waals surface area contributed by atoms with Gasteiger partial charge in [-0.25, -0.2) is 0 Å². The molecule has 0 aliphatic heterocycles. The molecule has 1 aliphatic rings. The van der Waals surface area contributed by atoms with Crippen LogP contribution in [-0.4, -0.2) is 0 Å². The molecule has 0 saturated carbocycles. The first-order valence-electron chi connectivity index (χ1n) is 5.56. The van der Waals surface area contributed by atoms with Crippen molar-refractivity contribution in [2.45, 2.75) is 20.3 Å². The average molecular weight is 211 g/mol. The molecule has 0 fully saturated rings. The van der Waals surface area contributed by atoms with Crippen LogP contribution in [0.1, 0.15) is 23.1 Å². The molecule has 0 atom stereocenters. The third kappa shape index (κ3) is 2.43. The van der Waals surface area contributed by atoms with Crippen LogP contribution in [0.25, 0.3) is 5.57 Å². The Balaban J connectivity index is 2.41. The Labute approximate surface area is 97.0 Å². The van der Waals surface area contributed by atoms with E-state index in [1.807, 2.05) is 18.2 Å². The highest BCUT2D eigenvalue weighted by atomic mass is 14.6. The molecular formula is C15H17N. The highest BCUT2D eigenvalue weighted by Gasteiger charge is 2.05. The summed E-state index contributed by atoms with van der Waals surface area (Å²) in [4.78, 5) is 0. The van der Waals surface area contributed by atoms with Crippen LogP contribution in [0.15, 0.2) is 48.2 Å². The van der Waals surface area contributed by atoms with Crippen LogP contribution in [-0.2, 0) is 0 Å². The number of benzene rings is 1. The first-order valence-corrected chi connectivity index (χ1v) is 5.56. The Morgan fingerprint density at radius 3 is 2.25 bits per heavy atom. The summed E-state index contributed by atoms with van der Waals surface area (Å²) in [6.07, 6.45) is 8.98. The van der Waals surface area contributed by atoms with Crippen molar-refractivity contribution in [3.8, 4) is 0 Å². The van der Waals surface area contributed by atoms with E-state index in [0.29, 0.717) is 0 Å². The molecule has 1 aromatic carbocycles. The van der Waals surface area contributed by atoms with Crippen LogP contribution in [0.3, 0.4) is 0 Å². The van der Waals surface area contributed by atoms with E-state index in [4.69, 9.17) is 5.73 Å².